The summed E-state index contributed by atoms with van der Waals surface area (Å²) in [6.45, 7) is 1.20. The number of fused-ring (bicyclic) bond motifs is 2. The predicted octanol–water partition coefficient (Wildman–Crippen LogP) is -3.11. The maximum Gasteiger partial charge on any atom is 0.472 e. The fourth-order valence-electron chi connectivity index (χ4n) is 4.86. The number of phosphoric ester groups is 1. The Morgan fingerprint density at radius 1 is 1.07 bits per heavy atom. The fraction of sp³-hybridized carbons (Fsp3) is 0.550. The molecular weight excluding hydrogens is 601 g/mol. The van der Waals surface area contributed by atoms with Crippen LogP contribution in [-0.2, 0) is 27.8 Å². The molecule has 6 rings (SSSR count). The molecule has 0 bridgehead atoms. The summed E-state index contributed by atoms with van der Waals surface area (Å²) in [5, 5.41) is 39.0. The van der Waals surface area contributed by atoms with E-state index in [0.717, 1.165) is 4.68 Å². The molecule has 0 amide bonds. The van der Waals surface area contributed by atoms with Gasteiger partial charge in [-0.1, -0.05) is 5.21 Å². The number of nitrogen functional groups attached to an aromatic ring is 2. The Labute approximate surface area is 238 Å². The number of aliphatic hydroxyl groups excluding tert-OH is 3. The maximum atomic E-state index is 13.1. The van der Waals surface area contributed by atoms with Crippen LogP contribution in [-0.4, -0.2) is 115 Å². The van der Waals surface area contributed by atoms with E-state index in [0.29, 0.717) is 0 Å². The Morgan fingerprint density at radius 2 is 1.86 bits per heavy atom. The first kappa shape index (κ1) is 29.4. The molecule has 232 valence electrons. The van der Waals surface area contributed by atoms with E-state index < -0.39 is 69.3 Å². The molecular formula is C20H26N11O11P. The summed E-state index contributed by atoms with van der Waals surface area (Å²) in [6, 6.07) is 0. The van der Waals surface area contributed by atoms with Gasteiger partial charge in [-0.3, -0.25) is 23.4 Å². The topological polar surface area (TPSA) is 316 Å². The van der Waals surface area contributed by atoms with Crippen molar-refractivity contribution in [3.05, 3.63) is 23.0 Å². The number of anilines is 2. The molecule has 43 heavy (non-hydrogen) atoms. The highest BCUT2D eigenvalue weighted by atomic mass is 31.2. The van der Waals surface area contributed by atoms with Gasteiger partial charge >= 0.3 is 7.82 Å². The summed E-state index contributed by atoms with van der Waals surface area (Å²) in [7, 11) is -5.07. The van der Waals surface area contributed by atoms with Crippen LogP contribution in [0.2, 0.25) is 0 Å². The monoisotopic (exact) mass is 627 g/mol. The van der Waals surface area contributed by atoms with Gasteiger partial charge in [0.1, 0.15) is 42.4 Å². The first-order valence-electron chi connectivity index (χ1n) is 12.6. The molecule has 0 radical (unpaired) electrons. The van der Waals surface area contributed by atoms with Crippen LogP contribution >= 0.6 is 7.82 Å². The molecule has 2 fully saturated rings. The Kier molecular flexibility index (Phi) is 7.58. The zero-order chi connectivity index (χ0) is 30.6. The standard InChI is InChI=1S/C20H26N11O11P/c1-2-38-11-6(40-17(9(11)32)30-5-25-7-13(21)23-4-24-14(7)30)3-39-43(36,37)42-12-10(33)19(35)41-18(12)31-15-8(28-29-31)16(34)27-20(22)26-15/h4-6,9-12,17-19,32-33,35H,2-3H2,1H3,(H,36,37)(H2,21,23,24)(H3,22,26,27,34). The van der Waals surface area contributed by atoms with Crippen LogP contribution in [0.5, 0.6) is 0 Å². The van der Waals surface area contributed by atoms with Crippen molar-refractivity contribution in [2.24, 2.45) is 0 Å². The number of nitrogens with one attached hydrogen (secondary N) is 1. The molecule has 9 atom stereocenters. The minimum atomic E-state index is -5.07. The summed E-state index contributed by atoms with van der Waals surface area (Å²) in [5.74, 6) is -0.184. The number of rotatable bonds is 9. The highest BCUT2D eigenvalue weighted by Crippen LogP contribution is 2.50. The molecule has 9 unspecified atom stereocenters. The van der Waals surface area contributed by atoms with Gasteiger partial charge in [-0.2, -0.15) is 9.67 Å². The van der Waals surface area contributed by atoms with E-state index in [-0.39, 0.29) is 40.7 Å². The van der Waals surface area contributed by atoms with E-state index >= 15 is 0 Å². The number of H-pyrrole nitrogens is 1. The van der Waals surface area contributed by atoms with E-state index in [2.05, 4.69) is 35.2 Å². The smallest absolute Gasteiger partial charge is 0.386 e. The van der Waals surface area contributed by atoms with Crippen LogP contribution in [0.25, 0.3) is 22.3 Å². The Bertz CT molecular complexity index is 1750. The Balaban J connectivity index is 1.20. The van der Waals surface area contributed by atoms with Gasteiger partial charge in [-0.25, -0.2) is 19.5 Å². The van der Waals surface area contributed by atoms with Gasteiger partial charge in [0, 0.05) is 6.61 Å². The Morgan fingerprint density at radius 3 is 2.63 bits per heavy atom. The first-order valence-corrected chi connectivity index (χ1v) is 14.1. The first-order chi connectivity index (χ1) is 20.5. The van der Waals surface area contributed by atoms with Crippen molar-refractivity contribution in [1.29, 1.82) is 0 Å². The number of phosphoric acid groups is 1. The van der Waals surface area contributed by atoms with Crippen LogP contribution in [0.1, 0.15) is 19.4 Å². The lowest BCUT2D eigenvalue weighted by Gasteiger charge is -2.24. The molecule has 23 heteroatoms. The summed E-state index contributed by atoms with van der Waals surface area (Å²) in [5.41, 5.74) is 10.8. The van der Waals surface area contributed by atoms with E-state index in [1.807, 2.05) is 0 Å². The minimum Gasteiger partial charge on any atom is -0.386 e. The van der Waals surface area contributed by atoms with Crippen molar-refractivity contribution < 1.29 is 48.0 Å². The van der Waals surface area contributed by atoms with Crippen molar-refractivity contribution in [1.82, 2.24) is 44.5 Å². The van der Waals surface area contributed by atoms with Crippen molar-refractivity contribution in [2.75, 3.05) is 24.7 Å². The van der Waals surface area contributed by atoms with Crippen LogP contribution in [0.3, 0.4) is 0 Å². The van der Waals surface area contributed by atoms with Gasteiger partial charge < -0.3 is 45.9 Å². The predicted molar refractivity (Wildman–Crippen MR) is 138 cm³/mol. The number of aromatic nitrogens is 9. The second kappa shape index (κ2) is 11.1. The summed E-state index contributed by atoms with van der Waals surface area (Å²) in [6.07, 6.45) is -9.11. The van der Waals surface area contributed by atoms with Crippen molar-refractivity contribution >= 4 is 41.9 Å². The zero-order valence-corrected chi connectivity index (χ0v) is 22.9. The molecule has 4 aromatic heterocycles. The molecule has 2 aliphatic heterocycles. The van der Waals surface area contributed by atoms with Gasteiger partial charge in [-0.05, 0) is 6.92 Å². The lowest BCUT2D eigenvalue weighted by molar-refractivity contribution is -0.143. The molecule has 2 aliphatic rings. The fourth-order valence-corrected chi connectivity index (χ4v) is 5.79. The van der Waals surface area contributed by atoms with Gasteiger partial charge in [0.25, 0.3) is 5.56 Å². The van der Waals surface area contributed by atoms with Crippen LogP contribution < -0.4 is 17.0 Å². The highest BCUT2D eigenvalue weighted by Gasteiger charge is 2.51. The average molecular weight is 627 g/mol. The molecule has 22 nitrogen and oxygen atoms in total. The highest BCUT2D eigenvalue weighted by molar-refractivity contribution is 7.47. The molecule has 4 aromatic rings. The van der Waals surface area contributed by atoms with Crippen molar-refractivity contribution in [3.8, 4) is 0 Å². The van der Waals surface area contributed by atoms with Crippen molar-refractivity contribution in [3.63, 3.8) is 0 Å². The second-order valence-electron chi connectivity index (χ2n) is 9.46. The summed E-state index contributed by atoms with van der Waals surface area (Å²) >= 11 is 0. The number of hydrogen-bond donors (Lipinski definition) is 7. The lowest BCUT2D eigenvalue weighted by Crippen LogP contribution is -2.37. The third-order valence-corrected chi connectivity index (χ3v) is 7.75. The lowest BCUT2D eigenvalue weighted by atomic mass is 10.1. The molecule has 0 saturated carbocycles. The van der Waals surface area contributed by atoms with Gasteiger partial charge in [0.05, 0.1) is 12.9 Å². The normalized spacial score (nSPS) is 30.8. The SMILES string of the molecule is CCOC1C(COP(=O)(O)OC2C(O)C(O)OC2n2nnc3c(=O)[nH]c(N)nc32)OC(n2cnc3c(N)ncnc32)C1O. The number of imidazole rings is 1. The maximum absolute atomic E-state index is 13.1. The third kappa shape index (κ3) is 5.22. The number of nitrogens with two attached hydrogens (primary N) is 2. The largest absolute Gasteiger partial charge is 0.472 e. The van der Waals surface area contributed by atoms with E-state index in [1.54, 1.807) is 6.92 Å². The van der Waals surface area contributed by atoms with Gasteiger partial charge in [0.2, 0.25) is 5.95 Å². The number of nitrogens with zero attached hydrogens (tertiary/aromatic N) is 8. The summed E-state index contributed by atoms with van der Waals surface area (Å²) < 4.78 is 42.5. The average Bonchev–Trinajstić information content (AvgIpc) is 3.70. The van der Waals surface area contributed by atoms with Crippen LogP contribution in [0.15, 0.2) is 17.4 Å². The number of aromatic amines is 1. The molecule has 9 N–H and O–H groups in total. The van der Waals surface area contributed by atoms with E-state index in [9.17, 15) is 29.6 Å². The number of ether oxygens (including phenoxy) is 3. The molecule has 6 heterocycles. The van der Waals surface area contributed by atoms with Crippen molar-refractivity contribution in [2.45, 2.75) is 56.2 Å². The summed E-state index contributed by atoms with van der Waals surface area (Å²) in [4.78, 5) is 41.0. The van der Waals surface area contributed by atoms with Crippen LogP contribution in [0, 0.1) is 0 Å². The molecule has 0 spiro atoms. The molecule has 0 aromatic carbocycles. The van der Waals surface area contributed by atoms with Crippen LogP contribution in [0.4, 0.5) is 11.8 Å². The second-order valence-corrected chi connectivity index (χ2v) is 10.9. The minimum absolute atomic E-state index is 0.113. The van der Waals surface area contributed by atoms with E-state index in [1.165, 1.54) is 17.2 Å². The molecule has 0 aliphatic carbocycles. The number of aliphatic hydroxyl groups is 3. The third-order valence-electron chi connectivity index (χ3n) is 6.77. The van der Waals surface area contributed by atoms with E-state index in [4.69, 9.17) is 34.7 Å². The number of hydrogen-bond acceptors (Lipinski definition) is 18. The van der Waals surface area contributed by atoms with Gasteiger partial charge in [-0.15, -0.1) is 5.10 Å². The zero-order valence-electron chi connectivity index (χ0n) is 22.0. The quantitative estimate of drug-likeness (QED) is 0.0903. The molecule has 2 saturated heterocycles. The Hall–Kier alpha value is -3.70. The van der Waals surface area contributed by atoms with Gasteiger partial charge in [0.15, 0.2) is 41.4 Å².